The second-order valence-electron chi connectivity index (χ2n) is 5.73. The number of nitrogens with zero attached hydrogens (tertiary/aromatic N) is 1. The van der Waals surface area contributed by atoms with E-state index in [2.05, 4.69) is 5.32 Å². The molecule has 0 radical (unpaired) electrons. The third-order valence-electron chi connectivity index (χ3n) is 4.20. The second kappa shape index (κ2) is 7.30. The Hall–Kier alpha value is -2.31. The molecule has 126 valence electrons. The predicted molar refractivity (Wildman–Crippen MR) is 83.4 cm³/mol. The number of halogens is 1. The molecule has 7 heteroatoms. The number of piperidine rings is 1. The van der Waals surface area contributed by atoms with Crippen LogP contribution in [0.4, 0.5) is 9.18 Å². The summed E-state index contributed by atoms with van der Waals surface area (Å²) in [5, 5.41) is 2.84. The molecular formula is C16H22FN3O3. The molecule has 1 saturated heterocycles. The van der Waals surface area contributed by atoms with Crippen molar-refractivity contribution in [2.45, 2.75) is 25.8 Å². The van der Waals surface area contributed by atoms with Gasteiger partial charge < -0.3 is 20.7 Å². The van der Waals surface area contributed by atoms with Gasteiger partial charge in [0.25, 0.3) is 0 Å². The number of benzene rings is 1. The molecule has 0 bridgehead atoms. The number of urea groups is 1. The molecule has 0 spiro atoms. The third kappa shape index (κ3) is 4.12. The number of methoxy groups -OCH3 is 1. The minimum Gasteiger partial charge on any atom is -0.494 e. The molecule has 1 aliphatic rings. The van der Waals surface area contributed by atoms with E-state index in [1.54, 1.807) is 17.9 Å². The van der Waals surface area contributed by atoms with Crippen molar-refractivity contribution in [3.63, 3.8) is 0 Å². The van der Waals surface area contributed by atoms with E-state index in [1.807, 2.05) is 0 Å². The molecule has 2 rings (SSSR count). The summed E-state index contributed by atoms with van der Waals surface area (Å²) >= 11 is 0. The van der Waals surface area contributed by atoms with E-state index in [9.17, 15) is 14.0 Å². The zero-order chi connectivity index (χ0) is 17.0. The van der Waals surface area contributed by atoms with E-state index in [0.717, 1.165) is 0 Å². The summed E-state index contributed by atoms with van der Waals surface area (Å²) < 4.78 is 18.6. The lowest BCUT2D eigenvalue weighted by atomic mass is 9.96. The smallest absolute Gasteiger partial charge is 0.317 e. The number of hydrogen-bond acceptors (Lipinski definition) is 3. The fourth-order valence-corrected chi connectivity index (χ4v) is 2.68. The number of ether oxygens (including phenoxy) is 1. The van der Waals surface area contributed by atoms with Crippen LogP contribution in [0.5, 0.6) is 5.75 Å². The summed E-state index contributed by atoms with van der Waals surface area (Å²) in [5.74, 6) is -0.770. The third-order valence-corrected chi connectivity index (χ3v) is 4.20. The first kappa shape index (κ1) is 17.1. The number of rotatable bonds is 4. The summed E-state index contributed by atoms with van der Waals surface area (Å²) in [6, 6.07) is 4.04. The van der Waals surface area contributed by atoms with Crippen molar-refractivity contribution >= 4 is 11.9 Å². The highest BCUT2D eigenvalue weighted by Gasteiger charge is 2.26. The van der Waals surface area contributed by atoms with Crippen LogP contribution in [0.3, 0.4) is 0 Å². The van der Waals surface area contributed by atoms with Crippen LogP contribution in [-0.4, -0.2) is 37.0 Å². The van der Waals surface area contributed by atoms with Gasteiger partial charge in [-0.05, 0) is 37.5 Å². The molecule has 1 aromatic carbocycles. The molecule has 1 fully saturated rings. The van der Waals surface area contributed by atoms with Crippen molar-refractivity contribution in [3.05, 3.63) is 29.6 Å². The molecule has 1 atom stereocenters. The van der Waals surface area contributed by atoms with Gasteiger partial charge in [0, 0.05) is 19.0 Å². The fourth-order valence-electron chi connectivity index (χ4n) is 2.68. The highest BCUT2D eigenvalue weighted by Crippen LogP contribution is 2.22. The highest BCUT2D eigenvalue weighted by molar-refractivity contribution is 5.78. The van der Waals surface area contributed by atoms with Crippen molar-refractivity contribution < 1.29 is 18.7 Å². The SMILES string of the molecule is COc1ccc([C@@H](C)NC(=O)N2CCC(C(N)=O)CC2)cc1F. The van der Waals surface area contributed by atoms with Crippen molar-refractivity contribution in [1.29, 1.82) is 0 Å². The zero-order valence-corrected chi connectivity index (χ0v) is 13.3. The molecule has 6 nitrogen and oxygen atoms in total. The van der Waals surface area contributed by atoms with Crippen molar-refractivity contribution in [1.82, 2.24) is 10.2 Å². The molecule has 3 amide bonds. The number of carbonyl (C=O) groups excluding carboxylic acids is 2. The van der Waals surface area contributed by atoms with Crippen molar-refractivity contribution in [2.24, 2.45) is 11.7 Å². The molecule has 1 heterocycles. The van der Waals surface area contributed by atoms with Crippen LogP contribution < -0.4 is 15.8 Å². The van der Waals surface area contributed by atoms with Gasteiger partial charge in [-0.3, -0.25) is 4.79 Å². The Morgan fingerprint density at radius 2 is 2.04 bits per heavy atom. The number of likely N-dealkylation sites (tertiary alicyclic amines) is 1. The lowest BCUT2D eigenvalue weighted by Gasteiger charge is -2.31. The van der Waals surface area contributed by atoms with E-state index >= 15 is 0 Å². The highest BCUT2D eigenvalue weighted by atomic mass is 19.1. The summed E-state index contributed by atoms with van der Waals surface area (Å²) in [5.41, 5.74) is 5.94. The van der Waals surface area contributed by atoms with Crippen LogP contribution in [0.25, 0.3) is 0 Å². The van der Waals surface area contributed by atoms with E-state index in [1.165, 1.54) is 19.2 Å². The first-order valence-corrected chi connectivity index (χ1v) is 7.60. The lowest BCUT2D eigenvalue weighted by Crippen LogP contribution is -2.46. The Labute approximate surface area is 134 Å². The van der Waals surface area contributed by atoms with Gasteiger partial charge in [0.05, 0.1) is 13.2 Å². The van der Waals surface area contributed by atoms with E-state index in [0.29, 0.717) is 31.5 Å². The summed E-state index contributed by atoms with van der Waals surface area (Å²) in [6.07, 6.45) is 1.16. The number of hydrogen-bond donors (Lipinski definition) is 2. The topological polar surface area (TPSA) is 84.7 Å². The van der Waals surface area contributed by atoms with Crippen LogP contribution in [0.15, 0.2) is 18.2 Å². The molecule has 0 aliphatic carbocycles. The average Bonchev–Trinajstić information content (AvgIpc) is 2.54. The fraction of sp³-hybridized carbons (Fsp3) is 0.500. The lowest BCUT2D eigenvalue weighted by molar-refractivity contribution is -0.123. The average molecular weight is 323 g/mol. The van der Waals surface area contributed by atoms with E-state index in [4.69, 9.17) is 10.5 Å². The Morgan fingerprint density at radius 3 is 2.57 bits per heavy atom. The minimum absolute atomic E-state index is 0.160. The minimum atomic E-state index is -0.464. The molecule has 23 heavy (non-hydrogen) atoms. The van der Waals surface area contributed by atoms with Gasteiger partial charge in [0.2, 0.25) is 5.91 Å². The first-order chi connectivity index (χ1) is 10.9. The quantitative estimate of drug-likeness (QED) is 0.886. The van der Waals surface area contributed by atoms with E-state index in [-0.39, 0.29) is 29.6 Å². The summed E-state index contributed by atoms with van der Waals surface area (Å²) in [6.45, 7) is 2.77. The Kier molecular flexibility index (Phi) is 5.41. The van der Waals surface area contributed by atoms with Gasteiger partial charge >= 0.3 is 6.03 Å². The predicted octanol–water partition coefficient (Wildman–Crippen LogP) is 1.80. The standard InChI is InChI=1S/C16H22FN3O3/c1-10(12-3-4-14(23-2)13(17)9-12)19-16(22)20-7-5-11(6-8-20)15(18)21/h3-4,9-11H,5-8H2,1-2H3,(H2,18,21)(H,19,22)/t10-/m1/s1. The zero-order valence-electron chi connectivity index (χ0n) is 13.3. The van der Waals surface area contributed by atoms with Crippen LogP contribution in [0, 0.1) is 11.7 Å². The van der Waals surface area contributed by atoms with Crippen LogP contribution in [0.1, 0.15) is 31.4 Å². The van der Waals surface area contributed by atoms with Gasteiger partial charge in [-0.25, -0.2) is 9.18 Å². The second-order valence-corrected chi connectivity index (χ2v) is 5.73. The van der Waals surface area contributed by atoms with Crippen molar-refractivity contribution in [2.75, 3.05) is 20.2 Å². The Morgan fingerprint density at radius 1 is 1.39 bits per heavy atom. The number of carbonyl (C=O) groups is 2. The number of nitrogens with two attached hydrogens (primary N) is 1. The van der Waals surface area contributed by atoms with E-state index < -0.39 is 5.82 Å². The Bertz CT molecular complexity index is 586. The molecular weight excluding hydrogens is 301 g/mol. The maximum Gasteiger partial charge on any atom is 0.317 e. The molecule has 0 saturated carbocycles. The van der Waals surface area contributed by atoms with Crippen LogP contribution >= 0.6 is 0 Å². The first-order valence-electron chi connectivity index (χ1n) is 7.60. The van der Waals surface area contributed by atoms with Gasteiger partial charge in [0.1, 0.15) is 0 Å². The van der Waals surface area contributed by atoms with Crippen LogP contribution in [0.2, 0.25) is 0 Å². The van der Waals surface area contributed by atoms with Crippen molar-refractivity contribution in [3.8, 4) is 5.75 Å². The number of amides is 3. The van der Waals surface area contributed by atoms with Gasteiger partial charge in [-0.15, -0.1) is 0 Å². The summed E-state index contributed by atoms with van der Waals surface area (Å²) in [4.78, 5) is 25.0. The van der Waals surface area contributed by atoms with Gasteiger partial charge in [-0.1, -0.05) is 6.07 Å². The van der Waals surface area contributed by atoms with Crippen LogP contribution in [-0.2, 0) is 4.79 Å². The number of primary amides is 1. The molecule has 0 unspecified atom stereocenters. The maximum absolute atomic E-state index is 13.7. The summed E-state index contributed by atoms with van der Waals surface area (Å²) in [7, 11) is 1.40. The monoisotopic (exact) mass is 323 g/mol. The Balaban J connectivity index is 1.92. The molecule has 1 aromatic rings. The maximum atomic E-state index is 13.7. The molecule has 1 aliphatic heterocycles. The normalized spacial score (nSPS) is 16.7. The molecule has 3 N–H and O–H groups in total. The van der Waals surface area contributed by atoms with Gasteiger partial charge in [0.15, 0.2) is 11.6 Å². The molecule has 0 aromatic heterocycles. The largest absolute Gasteiger partial charge is 0.494 e. The number of nitrogens with one attached hydrogen (secondary N) is 1. The van der Waals surface area contributed by atoms with Gasteiger partial charge in [-0.2, -0.15) is 0 Å².